The summed E-state index contributed by atoms with van der Waals surface area (Å²) in [5.74, 6) is -2.56. The zero-order chi connectivity index (χ0) is 35.4. The van der Waals surface area contributed by atoms with Gasteiger partial charge in [0, 0.05) is 74.3 Å². The Bertz CT molecular complexity index is 2100. The molecule has 1 fully saturated rings. The number of carbonyl (C=O) groups is 1. The molecule has 1 amide bonds. The van der Waals surface area contributed by atoms with E-state index in [9.17, 15) is 18.4 Å². The predicted octanol–water partition coefficient (Wildman–Crippen LogP) is 5.58. The van der Waals surface area contributed by atoms with Crippen LogP contribution in [0, 0.1) is 24.4 Å². The van der Waals surface area contributed by atoms with E-state index in [2.05, 4.69) is 32.2 Å². The third-order valence-electron chi connectivity index (χ3n) is 8.35. The van der Waals surface area contributed by atoms with Gasteiger partial charge >= 0.3 is 0 Å². The second-order valence-electron chi connectivity index (χ2n) is 11.9. The molecule has 50 heavy (non-hydrogen) atoms. The van der Waals surface area contributed by atoms with Crippen LogP contribution in [0.1, 0.15) is 22.5 Å². The first kappa shape index (κ1) is 34.4. The highest BCUT2D eigenvalue weighted by molar-refractivity contribution is 6.03. The minimum Gasteiger partial charge on any atom is -0.493 e. The van der Waals surface area contributed by atoms with Crippen molar-refractivity contribution < 1.29 is 32.2 Å². The molecule has 1 aliphatic heterocycles. The molecule has 0 atom stereocenters. The maximum Gasteiger partial charge on any atom is 0.276 e. The Kier molecular flexibility index (Phi) is 10.3. The van der Waals surface area contributed by atoms with Crippen LogP contribution in [0.25, 0.3) is 16.6 Å². The standard InChI is InChI=1S/C36H35F3N6O5/c1-22-17-34(46)45(24-6-7-26(37)27(38)19-24)42-35(22)36(47)41-23-5-8-31(28(39)18-23)50-30-9-10-40-29-21-33(32(48-3)20-25(29)30)49-16-4-11-44-14-12-43(2)13-15-44/h5-10,17-21H,4,11-16H2,1-3H3,(H,41,47). The molecule has 0 radical (unpaired) electrons. The van der Waals surface area contributed by atoms with E-state index < -0.39 is 28.9 Å². The molecule has 1 N–H and O–H groups in total. The number of hydrogen-bond donors (Lipinski definition) is 1. The first-order valence-electron chi connectivity index (χ1n) is 15.9. The number of nitrogens with zero attached hydrogens (tertiary/aromatic N) is 5. The minimum atomic E-state index is -1.18. The van der Waals surface area contributed by atoms with Gasteiger partial charge < -0.3 is 29.3 Å². The smallest absolute Gasteiger partial charge is 0.276 e. The van der Waals surface area contributed by atoms with E-state index in [0.717, 1.165) is 74.2 Å². The Labute approximate surface area is 285 Å². The van der Waals surface area contributed by atoms with Gasteiger partial charge in [0.25, 0.3) is 11.5 Å². The van der Waals surface area contributed by atoms with Gasteiger partial charge in [-0.05, 0) is 62.4 Å². The fraction of sp³-hybridized carbons (Fsp3) is 0.278. The van der Waals surface area contributed by atoms with Crippen LogP contribution in [-0.2, 0) is 0 Å². The number of halogens is 3. The Morgan fingerprint density at radius 1 is 0.880 bits per heavy atom. The molecule has 0 unspecified atom stereocenters. The van der Waals surface area contributed by atoms with E-state index in [1.165, 1.54) is 26.2 Å². The third-order valence-corrected chi connectivity index (χ3v) is 8.35. The molecule has 260 valence electrons. The van der Waals surface area contributed by atoms with Gasteiger partial charge in [-0.1, -0.05) is 0 Å². The quantitative estimate of drug-likeness (QED) is 0.178. The fourth-order valence-corrected chi connectivity index (χ4v) is 5.57. The Morgan fingerprint density at radius 3 is 2.42 bits per heavy atom. The Balaban J connectivity index is 1.14. The third kappa shape index (κ3) is 7.71. The molecule has 0 aliphatic carbocycles. The number of fused-ring (bicyclic) bond motifs is 1. The molecule has 5 aromatic rings. The van der Waals surface area contributed by atoms with Crippen LogP contribution in [0.4, 0.5) is 18.9 Å². The first-order chi connectivity index (χ1) is 24.1. The number of piperazine rings is 1. The molecular formula is C36H35F3N6O5. The summed E-state index contributed by atoms with van der Waals surface area (Å²) in [6.45, 7) is 7.14. The summed E-state index contributed by atoms with van der Waals surface area (Å²) in [6.07, 6.45) is 2.40. The summed E-state index contributed by atoms with van der Waals surface area (Å²) in [4.78, 5) is 34.8. The van der Waals surface area contributed by atoms with E-state index in [4.69, 9.17) is 14.2 Å². The van der Waals surface area contributed by atoms with Crippen molar-refractivity contribution in [1.82, 2.24) is 24.6 Å². The lowest BCUT2D eigenvalue weighted by Gasteiger charge is -2.32. The second kappa shape index (κ2) is 15.0. The molecule has 0 bridgehead atoms. The Morgan fingerprint density at radius 2 is 1.68 bits per heavy atom. The average Bonchev–Trinajstić information content (AvgIpc) is 3.09. The van der Waals surface area contributed by atoms with Crippen molar-refractivity contribution in [2.45, 2.75) is 13.3 Å². The number of carbonyl (C=O) groups excluding carboxylic acids is 1. The van der Waals surface area contributed by atoms with Gasteiger partial charge in [0.2, 0.25) is 0 Å². The monoisotopic (exact) mass is 688 g/mol. The molecular weight excluding hydrogens is 653 g/mol. The number of ether oxygens (including phenoxy) is 3. The molecule has 1 saturated heterocycles. The normalized spacial score (nSPS) is 13.7. The molecule has 0 spiro atoms. The van der Waals surface area contributed by atoms with Crippen molar-refractivity contribution in [3.8, 4) is 28.7 Å². The van der Waals surface area contributed by atoms with Gasteiger partial charge in [0.05, 0.1) is 24.9 Å². The van der Waals surface area contributed by atoms with E-state index >= 15 is 4.39 Å². The van der Waals surface area contributed by atoms with Gasteiger partial charge in [-0.3, -0.25) is 14.6 Å². The molecule has 0 saturated carbocycles. The molecule has 14 heteroatoms. The zero-order valence-corrected chi connectivity index (χ0v) is 27.7. The largest absolute Gasteiger partial charge is 0.493 e. The summed E-state index contributed by atoms with van der Waals surface area (Å²) >= 11 is 0. The predicted molar refractivity (Wildman–Crippen MR) is 181 cm³/mol. The van der Waals surface area contributed by atoms with Crippen LogP contribution in [0.15, 0.2) is 71.7 Å². The highest BCUT2D eigenvalue weighted by Gasteiger charge is 2.19. The zero-order valence-electron chi connectivity index (χ0n) is 27.7. The van der Waals surface area contributed by atoms with Crippen LogP contribution >= 0.6 is 0 Å². The number of nitrogens with one attached hydrogen (secondary N) is 1. The van der Waals surface area contributed by atoms with Gasteiger partial charge in [0.15, 0.2) is 40.4 Å². The highest BCUT2D eigenvalue weighted by atomic mass is 19.2. The number of aryl methyl sites for hydroxylation is 1. The highest BCUT2D eigenvalue weighted by Crippen LogP contribution is 2.38. The molecule has 6 rings (SSSR count). The molecule has 3 aromatic carbocycles. The number of amides is 1. The average molecular weight is 689 g/mol. The SMILES string of the molecule is COc1cc2c(Oc3ccc(NC(=O)c4nn(-c5ccc(F)c(F)c5)c(=O)cc4C)cc3F)ccnc2cc1OCCCN1CCN(C)CC1. The lowest BCUT2D eigenvalue weighted by atomic mass is 10.1. The van der Waals surface area contributed by atoms with Gasteiger partial charge in [0.1, 0.15) is 5.75 Å². The van der Waals surface area contributed by atoms with E-state index in [1.807, 2.05) is 0 Å². The van der Waals surface area contributed by atoms with Crippen LogP contribution in [-0.4, -0.2) is 84.0 Å². The summed E-state index contributed by atoms with van der Waals surface area (Å²) in [5, 5.41) is 7.18. The van der Waals surface area contributed by atoms with Crippen molar-refractivity contribution in [2.24, 2.45) is 0 Å². The number of likely N-dealkylation sites (N-methyl/N-ethyl adjacent to an activating group) is 1. The van der Waals surface area contributed by atoms with E-state index in [1.54, 1.807) is 24.4 Å². The number of anilines is 1. The van der Waals surface area contributed by atoms with E-state index in [-0.39, 0.29) is 28.4 Å². The van der Waals surface area contributed by atoms with Gasteiger partial charge in [-0.15, -0.1) is 0 Å². The van der Waals surface area contributed by atoms with Crippen LogP contribution in [0.3, 0.4) is 0 Å². The molecule has 11 nitrogen and oxygen atoms in total. The van der Waals surface area contributed by atoms with Crippen molar-refractivity contribution in [2.75, 3.05) is 58.8 Å². The number of pyridine rings is 1. The number of rotatable bonds is 11. The lowest BCUT2D eigenvalue weighted by Crippen LogP contribution is -2.44. The van der Waals surface area contributed by atoms with Crippen LogP contribution < -0.4 is 25.1 Å². The van der Waals surface area contributed by atoms with E-state index in [0.29, 0.717) is 34.8 Å². The Hall–Kier alpha value is -5.47. The number of hydrogen-bond acceptors (Lipinski definition) is 9. The van der Waals surface area contributed by atoms with Gasteiger partial charge in [-0.2, -0.15) is 9.78 Å². The second-order valence-corrected chi connectivity index (χ2v) is 11.9. The number of methoxy groups -OCH3 is 1. The van der Waals surface area contributed by atoms with Crippen molar-refractivity contribution >= 4 is 22.5 Å². The van der Waals surface area contributed by atoms with Gasteiger partial charge in [-0.25, -0.2) is 13.2 Å². The number of benzene rings is 3. The summed E-state index contributed by atoms with van der Waals surface area (Å²) in [7, 11) is 3.67. The molecule has 1 aliphatic rings. The first-order valence-corrected chi connectivity index (χ1v) is 15.9. The maximum absolute atomic E-state index is 15.3. The van der Waals surface area contributed by atoms with Crippen molar-refractivity contribution in [1.29, 1.82) is 0 Å². The fourth-order valence-electron chi connectivity index (χ4n) is 5.57. The summed E-state index contributed by atoms with van der Waals surface area (Å²) < 4.78 is 61.0. The van der Waals surface area contributed by atoms with Crippen LogP contribution in [0.2, 0.25) is 0 Å². The van der Waals surface area contributed by atoms with Crippen LogP contribution in [0.5, 0.6) is 23.0 Å². The summed E-state index contributed by atoms with van der Waals surface area (Å²) in [5.41, 5.74) is -0.0234. The topological polar surface area (TPSA) is 111 Å². The summed E-state index contributed by atoms with van der Waals surface area (Å²) in [6, 6.07) is 12.9. The van der Waals surface area contributed by atoms with Crippen molar-refractivity contribution in [3.05, 3.63) is 106 Å². The molecule has 2 aromatic heterocycles. The lowest BCUT2D eigenvalue weighted by molar-refractivity contribution is 0.102. The minimum absolute atomic E-state index is 0.0720. The van der Waals surface area contributed by atoms with Crippen molar-refractivity contribution in [3.63, 3.8) is 0 Å². The number of aromatic nitrogens is 3. The molecule has 3 heterocycles. The maximum atomic E-state index is 15.3.